The second kappa shape index (κ2) is 7.09. The minimum atomic E-state index is -0.593. The van der Waals surface area contributed by atoms with Gasteiger partial charge in [0.15, 0.2) is 0 Å². The van der Waals surface area contributed by atoms with E-state index in [9.17, 15) is 10.1 Å². The third kappa shape index (κ3) is 3.69. The molecule has 2 aromatic rings. The maximum Gasteiger partial charge on any atom is 0.353 e. The summed E-state index contributed by atoms with van der Waals surface area (Å²) in [5.41, 5.74) is 6.08. The molecule has 2 heterocycles. The van der Waals surface area contributed by atoms with E-state index in [0.717, 1.165) is 19.4 Å². The Kier molecular flexibility index (Phi) is 4.71. The van der Waals surface area contributed by atoms with Crippen molar-refractivity contribution in [1.29, 1.82) is 0 Å². The van der Waals surface area contributed by atoms with Gasteiger partial charge >= 0.3 is 5.69 Å². The van der Waals surface area contributed by atoms with Gasteiger partial charge in [0.2, 0.25) is 17.6 Å². The molecule has 9 nitrogen and oxygen atoms in total. The van der Waals surface area contributed by atoms with E-state index in [4.69, 9.17) is 10.5 Å². The number of hydrogen-bond donors (Lipinski definition) is 3. The summed E-state index contributed by atoms with van der Waals surface area (Å²) < 4.78 is 5.52. The molecule has 0 aliphatic carbocycles. The first-order valence-electron chi connectivity index (χ1n) is 7.63. The number of aromatic nitrogens is 2. The molecule has 3 rings (SSSR count). The van der Waals surface area contributed by atoms with Gasteiger partial charge in [0.25, 0.3) is 0 Å². The molecule has 4 N–H and O–H groups in total. The van der Waals surface area contributed by atoms with E-state index in [1.165, 1.54) is 0 Å². The fourth-order valence-electron chi connectivity index (χ4n) is 2.49. The van der Waals surface area contributed by atoms with Gasteiger partial charge < -0.3 is 21.1 Å². The second-order valence-corrected chi connectivity index (χ2v) is 5.39. The third-order valence-electron chi connectivity index (χ3n) is 3.64. The molecule has 0 bridgehead atoms. The summed E-state index contributed by atoms with van der Waals surface area (Å²) in [7, 11) is 0. The summed E-state index contributed by atoms with van der Waals surface area (Å²) in [6.07, 6.45) is 2.08. The predicted molar refractivity (Wildman–Crippen MR) is 90.3 cm³/mol. The van der Waals surface area contributed by atoms with Gasteiger partial charge in [0.05, 0.1) is 11.0 Å². The molecule has 0 saturated carbocycles. The van der Waals surface area contributed by atoms with Crippen molar-refractivity contribution >= 4 is 29.0 Å². The number of hydrogen-bond acceptors (Lipinski definition) is 8. The van der Waals surface area contributed by atoms with Crippen LogP contribution in [0.15, 0.2) is 30.3 Å². The van der Waals surface area contributed by atoms with Crippen LogP contribution in [0.1, 0.15) is 12.8 Å². The van der Waals surface area contributed by atoms with E-state index in [2.05, 4.69) is 20.6 Å². The van der Waals surface area contributed by atoms with Gasteiger partial charge in [-0.25, -0.2) is 0 Å². The smallest absolute Gasteiger partial charge is 0.353 e. The topological polar surface area (TPSA) is 128 Å². The fourth-order valence-corrected chi connectivity index (χ4v) is 2.49. The van der Waals surface area contributed by atoms with Crippen LogP contribution < -0.4 is 16.4 Å². The number of para-hydroxylation sites is 1. The zero-order valence-corrected chi connectivity index (χ0v) is 12.9. The van der Waals surface area contributed by atoms with Gasteiger partial charge in [-0.1, -0.05) is 18.2 Å². The Hall–Kier alpha value is -2.94. The summed E-state index contributed by atoms with van der Waals surface area (Å²) in [5, 5.41) is 17.2. The van der Waals surface area contributed by atoms with E-state index in [1.54, 1.807) is 12.1 Å². The lowest BCUT2D eigenvalue weighted by molar-refractivity contribution is -0.383. The highest BCUT2D eigenvalue weighted by Gasteiger charge is 2.24. The first-order valence-corrected chi connectivity index (χ1v) is 7.63. The standard InChI is InChI=1S/C15H18N6O3/c16-13-12(21(22)23)14(18-10-5-2-1-3-6-10)20-15(19-13)17-9-11-7-4-8-24-11/h1-3,5-6,11H,4,7-9H2,(H4,16,17,18,19,20)/t11-/m1/s1. The van der Waals surface area contributed by atoms with Crippen molar-refractivity contribution in [3.05, 3.63) is 40.4 Å². The zero-order valence-electron chi connectivity index (χ0n) is 12.9. The number of nitrogen functional groups attached to an aromatic ring is 1. The highest BCUT2D eigenvalue weighted by atomic mass is 16.6. The Balaban J connectivity index is 1.84. The van der Waals surface area contributed by atoms with Gasteiger partial charge in [-0.05, 0) is 25.0 Å². The summed E-state index contributed by atoms with van der Waals surface area (Å²) in [5.74, 6) is 0.0869. The molecule has 0 amide bonds. The van der Waals surface area contributed by atoms with Crippen LogP contribution in [0.4, 0.5) is 29.0 Å². The molecule has 126 valence electrons. The number of rotatable bonds is 6. The Morgan fingerprint density at radius 2 is 2.12 bits per heavy atom. The van der Waals surface area contributed by atoms with Crippen molar-refractivity contribution in [2.24, 2.45) is 0 Å². The Morgan fingerprint density at radius 1 is 1.33 bits per heavy atom. The van der Waals surface area contributed by atoms with Crippen LogP contribution in [0, 0.1) is 10.1 Å². The van der Waals surface area contributed by atoms with E-state index in [0.29, 0.717) is 12.2 Å². The van der Waals surface area contributed by atoms with Crippen molar-refractivity contribution in [3.63, 3.8) is 0 Å². The maximum absolute atomic E-state index is 11.3. The largest absolute Gasteiger partial charge is 0.378 e. The fraction of sp³-hybridized carbons (Fsp3) is 0.333. The van der Waals surface area contributed by atoms with Gasteiger partial charge in [0, 0.05) is 18.8 Å². The van der Waals surface area contributed by atoms with Gasteiger partial charge in [-0.3, -0.25) is 10.1 Å². The van der Waals surface area contributed by atoms with Crippen LogP contribution >= 0.6 is 0 Å². The van der Waals surface area contributed by atoms with Gasteiger partial charge in [-0.2, -0.15) is 9.97 Å². The lowest BCUT2D eigenvalue weighted by atomic mass is 10.2. The van der Waals surface area contributed by atoms with Crippen LogP contribution in [-0.2, 0) is 4.74 Å². The maximum atomic E-state index is 11.3. The normalized spacial score (nSPS) is 16.8. The first-order chi connectivity index (χ1) is 11.6. The lowest BCUT2D eigenvalue weighted by Gasteiger charge is -2.13. The zero-order chi connectivity index (χ0) is 16.9. The predicted octanol–water partition coefficient (Wildman–Crippen LogP) is 2.30. The molecular weight excluding hydrogens is 312 g/mol. The minimum absolute atomic E-state index is 0.0496. The molecule has 1 aliphatic rings. The lowest BCUT2D eigenvalue weighted by Crippen LogP contribution is -2.20. The molecule has 24 heavy (non-hydrogen) atoms. The number of ether oxygens (including phenoxy) is 1. The van der Waals surface area contributed by atoms with E-state index >= 15 is 0 Å². The summed E-state index contributed by atoms with van der Waals surface area (Å²) in [6.45, 7) is 1.28. The SMILES string of the molecule is Nc1nc(NC[C@H]2CCCO2)nc(Nc2ccccc2)c1[N+](=O)[O-]. The van der Waals surface area contributed by atoms with Crippen LogP contribution in [-0.4, -0.2) is 34.1 Å². The van der Waals surface area contributed by atoms with E-state index in [-0.39, 0.29) is 29.4 Å². The average Bonchev–Trinajstić information content (AvgIpc) is 3.06. The number of anilines is 4. The minimum Gasteiger partial charge on any atom is -0.378 e. The number of nitrogens with one attached hydrogen (secondary N) is 2. The Bertz CT molecular complexity index is 719. The summed E-state index contributed by atoms with van der Waals surface area (Å²) in [6, 6.07) is 9.04. The van der Waals surface area contributed by atoms with E-state index in [1.807, 2.05) is 18.2 Å². The van der Waals surface area contributed by atoms with Gasteiger partial charge in [0.1, 0.15) is 0 Å². The quantitative estimate of drug-likeness (QED) is 0.543. The van der Waals surface area contributed by atoms with Crippen LogP contribution in [0.2, 0.25) is 0 Å². The Morgan fingerprint density at radius 3 is 2.79 bits per heavy atom. The molecular formula is C15H18N6O3. The van der Waals surface area contributed by atoms with Gasteiger partial charge in [-0.15, -0.1) is 0 Å². The number of nitrogens with two attached hydrogens (primary N) is 1. The average molecular weight is 330 g/mol. The molecule has 1 atom stereocenters. The molecule has 0 spiro atoms. The number of nitro groups is 1. The van der Waals surface area contributed by atoms with Crippen molar-refractivity contribution in [2.45, 2.75) is 18.9 Å². The monoisotopic (exact) mass is 330 g/mol. The number of nitrogens with zero attached hydrogens (tertiary/aromatic N) is 3. The highest BCUT2D eigenvalue weighted by molar-refractivity contribution is 5.74. The molecule has 0 radical (unpaired) electrons. The molecule has 1 aromatic carbocycles. The van der Waals surface area contributed by atoms with E-state index < -0.39 is 4.92 Å². The van der Waals surface area contributed by atoms with Crippen molar-refractivity contribution in [3.8, 4) is 0 Å². The number of benzene rings is 1. The summed E-state index contributed by atoms with van der Waals surface area (Å²) >= 11 is 0. The Labute approximate surface area is 138 Å². The van der Waals surface area contributed by atoms with Crippen LogP contribution in [0.3, 0.4) is 0 Å². The highest BCUT2D eigenvalue weighted by Crippen LogP contribution is 2.31. The van der Waals surface area contributed by atoms with Crippen LogP contribution in [0.5, 0.6) is 0 Å². The van der Waals surface area contributed by atoms with Crippen molar-refractivity contribution in [1.82, 2.24) is 9.97 Å². The second-order valence-electron chi connectivity index (χ2n) is 5.39. The van der Waals surface area contributed by atoms with Crippen LogP contribution in [0.25, 0.3) is 0 Å². The van der Waals surface area contributed by atoms with Crippen molar-refractivity contribution in [2.75, 3.05) is 29.5 Å². The molecule has 1 aromatic heterocycles. The molecule has 9 heteroatoms. The molecule has 0 unspecified atom stereocenters. The first kappa shape index (κ1) is 15.9. The molecule has 1 aliphatic heterocycles. The van der Waals surface area contributed by atoms with Crippen molar-refractivity contribution < 1.29 is 9.66 Å². The summed E-state index contributed by atoms with van der Waals surface area (Å²) in [4.78, 5) is 18.9. The molecule has 1 saturated heterocycles. The molecule has 1 fully saturated rings. The third-order valence-corrected chi connectivity index (χ3v) is 3.64.